The zero-order valence-electron chi connectivity index (χ0n) is 8.55. The highest BCUT2D eigenvalue weighted by Crippen LogP contribution is 2.21. The lowest BCUT2D eigenvalue weighted by Gasteiger charge is -2.19. The molecule has 0 aliphatic carbocycles. The van der Waals surface area contributed by atoms with Crippen molar-refractivity contribution in [3.8, 4) is 0 Å². The van der Waals surface area contributed by atoms with Gasteiger partial charge in [-0.2, -0.15) is 0 Å². The third kappa shape index (κ3) is 2.90. The van der Waals surface area contributed by atoms with Crippen molar-refractivity contribution in [2.45, 2.75) is 25.0 Å². The fourth-order valence-electron chi connectivity index (χ4n) is 1.51. The standard InChI is InChI=1S/C9H15NO5/c1-10(4-5-11)8(12)6-2-3-7(15-6)9(13)14/h6-7,11H,2-5H2,1H3,(H,13,14). The van der Waals surface area contributed by atoms with E-state index in [1.165, 1.54) is 4.90 Å². The molecule has 1 heterocycles. The molecule has 1 aliphatic heterocycles. The predicted molar refractivity (Wildman–Crippen MR) is 50.3 cm³/mol. The number of amides is 1. The molecule has 86 valence electrons. The Kier molecular flexibility index (Phi) is 4.05. The van der Waals surface area contributed by atoms with E-state index in [-0.39, 0.29) is 19.1 Å². The number of hydrogen-bond donors (Lipinski definition) is 2. The van der Waals surface area contributed by atoms with Crippen molar-refractivity contribution in [2.75, 3.05) is 20.2 Å². The summed E-state index contributed by atoms with van der Waals surface area (Å²) in [6, 6.07) is 0. The quantitative estimate of drug-likeness (QED) is 0.635. The van der Waals surface area contributed by atoms with Gasteiger partial charge >= 0.3 is 5.97 Å². The molecule has 2 atom stereocenters. The number of rotatable bonds is 4. The number of carboxylic acid groups (broad SMARTS) is 1. The topological polar surface area (TPSA) is 87.1 Å². The SMILES string of the molecule is CN(CCO)C(=O)C1CCC(C(=O)O)O1. The lowest BCUT2D eigenvalue weighted by molar-refractivity contribution is -0.154. The number of carbonyl (C=O) groups excluding carboxylic acids is 1. The summed E-state index contributed by atoms with van der Waals surface area (Å²) in [6.07, 6.45) is -0.770. The van der Waals surface area contributed by atoms with Crippen LogP contribution in [-0.2, 0) is 14.3 Å². The van der Waals surface area contributed by atoms with Crippen molar-refractivity contribution in [2.24, 2.45) is 0 Å². The first-order valence-electron chi connectivity index (χ1n) is 4.80. The third-order valence-corrected chi connectivity index (χ3v) is 2.38. The molecule has 1 rings (SSSR count). The molecule has 0 saturated carbocycles. The number of ether oxygens (including phenoxy) is 1. The van der Waals surface area contributed by atoms with Gasteiger partial charge in [0.25, 0.3) is 5.91 Å². The van der Waals surface area contributed by atoms with E-state index in [1.54, 1.807) is 7.05 Å². The molecular weight excluding hydrogens is 202 g/mol. The van der Waals surface area contributed by atoms with Gasteiger partial charge in [0.2, 0.25) is 0 Å². The van der Waals surface area contributed by atoms with Crippen LogP contribution in [0.3, 0.4) is 0 Å². The summed E-state index contributed by atoms with van der Waals surface area (Å²) in [5.74, 6) is -1.30. The second-order valence-corrected chi connectivity index (χ2v) is 3.51. The molecule has 1 aliphatic rings. The Balaban J connectivity index is 2.46. The second kappa shape index (κ2) is 5.09. The van der Waals surface area contributed by atoms with Gasteiger partial charge in [0, 0.05) is 13.6 Å². The summed E-state index contributed by atoms with van der Waals surface area (Å²) in [6.45, 7) is 0.119. The van der Waals surface area contributed by atoms with Crippen molar-refractivity contribution < 1.29 is 24.5 Å². The number of hydrogen-bond acceptors (Lipinski definition) is 4. The van der Waals surface area contributed by atoms with E-state index >= 15 is 0 Å². The molecule has 0 aromatic carbocycles. The monoisotopic (exact) mass is 217 g/mol. The zero-order valence-corrected chi connectivity index (χ0v) is 8.55. The maximum Gasteiger partial charge on any atom is 0.332 e. The van der Waals surface area contributed by atoms with E-state index in [0.29, 0.717) is 12.8 Å². The van der Waals surface area contributed by atoms with Crippen LogP contribution in [0.1, 0.15) is 12.8 Å². The van der Waals surface area contributed by atoms with Crippen LogP contribution in [-0.4, -0.2) is 59.4 Å². The van der Waals surface area contributed by atoms with E-state index in [9.17, 15) is 9.59 Å². The third-order valence-electron chi connectivity index (χ3n) is 2.38. The highest BCUT2D eigenvalue weighted by Gasteiger charge is 2.35. The lowest BCUT2D eigenvalue weighted by Crippen LogP contribution is -2.38. The van der Waals surface area contributed by atoms with Gasteiger partial charge in [-0.05, 0) is 12.8 Å². The first-order valence-corrected chi connectivity index (χ1v) is 4.80. The molecule has 1 fully saturated rings. The summed E-state index contributed by atoms with van der Waals surface area (Å²) in [7, 11) is 1.55. The fraction of sp³-hybridized carbons (Fsp3) is 0.778. The van der Waals surface area contributed by atoms with Gasteiger partial charge in [0.05, 0.1) is 6.61 Å². The van der Waals surface area contributed by atoms with Crippen LogP contribution < -0.4 is 0 Å². The normalized spacial score (nSPS) is 25.2. The summed E-state index contributed by atoms with van der Waals surface area (Å²) >= 11 is 0. The van der Waals surface area contributed by atoms with Crippen molar-refractivity contribution in [3.63, 3.8) is 0 Å². The summed E-state index contributed by atoms with van der Waals surface area (Å²) < 4.78 is 5.08. The second-order valence-electron chi connectivity index (χ2n) is 3.51. The van der Waals surface area contributed by atoms with E-state index in [2.05, 4.69) is 0 Å². The molecule has 0 aromatic heterocycles. The molecule has 0 radical (unpaired) electrons. The maximum atomic E-state index is 11.6. The highest BCUT2D eigenvalue weighted by molar-refractivity contribution is 5.82. The van der Waals surface area contributed by atoms with E-state index < -0.39 is 18.2 Å². The van der Waals surface area contributed by atoms with E-state index in [1.807, 2.05) is 0 Å². The Bertz CT molecular complexity index is 255. The summed E-state index contributed by atoms with van der Waals surface area (Å²) in [4.78, 5) is 23.5. The zero-order chi connectivity index (χ0) is 11.4. The van der Waals surface area contributed by atoms with Crippen molar-refractivity contribution in [3.05, 3.63) is 0 Å². The Labute approximate surface area is 87.4 Å². The smallest absolute Gasteiger partial charge is 0.332 e. The van der Waals surface area contributed by atoms with Crippen LogP contribution in [0.15, 0.2) is 0 Å². The van der Waals surface area contributed by atoms with Gasteiger partial charge in [-0.3, -0.25) is 4.79 Å². The number of nitrogens with zero attached hydrogens (tertiary/aromatic N) is 1. The van der Waals surface area contributed by atoms with Crippen LogP contribution in [0, 0.1) is 0 Å². The number of likely N-dealkylation sites (N-methyl/N-ethyl adjacent to an activating group) is 1. The van der Waals surface area contributed by atoms with Gasteiger partial charge in [0.1, 0.15) is 6.10 Å². The molecule has 6 nitrogen and oxygen atoms in total. The molecule has 2 N–H and O–H groups in total. The lowest BCUT2D eigenvalue weighted by atomic mass is 10.2. The molecule has 0 bridgehead atoms. The predicted octanol–water partition coefficient (Wildman–Crippen LogP) is -0.931. The molecule has 2 unspecified atom stereocenters. The summed E-state index contributed by atoms with van der Waals surface area (Å²) in [5.41, 5.74) is 0. The Morgan fingerprint density at radius 3 is 2.47 bits per heavy atom. The largest absolute Gasteiger partial charge is 0.479 e. The molecule has 15 heavy (non-hydrogen) atoms. The van der Waals surface area contributed by atoms with Crippen LogP contribution in [0.4, 0.5) is 0 Å². The van der Waals surface area contributed by atoms with Crippen LogP contribution in [0.2, 0.25) is 0 Å². The minimum absolute atomic E-state index is 0.114. The number of carbonyl (C=O) groups is 2. The Hall–Kier alpha value is -1.14. The van der Waals surface area contributed by atoms with Crippen LogP contribution >= 0.6 is 0 Å². The summed E-state index contributed by atoms with van der Waals surface area (Å²) in [5, 5.41) is 17.3. The molecule has 0 aromatic rings. The first kappa shape index (κ1) is 11.9. The van der Waals surface area contributed by atoms with Crippen molar-refractivity contribution in [1.82, 2.24) is 4.90 Å². The van der Waals surface area contributed by atoms with Crippen LogP contribution in [0.5, 0.6) is 0 Å². The van der Waals surface area contributed by atoms with Gasteiger partial charge in [-0.25, -0.2) is 4.79 Å². The van der Waals surface area contributed by atoms with Gasteiger partial charge in [0.15, 0.2) is 6.10 Å². The number of aliphatic hydroxyl groups is 1. The van der Waals surface area contributed by atoms with Gasteiger partial charge in [-0.1, -0.05) is 0 Å². The van der Waals surface area contributed by atoms with E-state index in [4.69, 9.17) is 14.9 Å². The maximum absolute atomic E-state index is 11.6. The number of aliphatic carboxylic acids is 1. The average molecular weight is 217 g/mol. The molecular formula is C9H15NO5. The van der Waals surface area contributed by atoms with Crippen LogP contribution in [0.25, 0.3) is 0 Å². The van der Waals surface area contributed by atoms with Gasteiger partial charge < -0.3 is 19.8 Å². The average Bonchev–Trinajstić information content (AvgIpc) is 2.65. The minimum atomic E-state index is -1.03. The molecule has 0 spiro atoms. The number of carboxylic acids is 1. The molecule has 1 saturated heterocycles. The molecule has 1 amide bonds. The highest BCUT2D eigenvalue weighted by atomic mass is 16.5. The molecule has 6 heteroatoms. The van der Waals surface area contributed by atoms with E-state index in [0.717, 1.165) is 0 Å². The van der Waals surface area contributed by atoms with Gasteiger partial charge in [-0.15, -0.1) is 0 Å². The Morgan fingerprint density at radius 2 is 2.00 bits per heavy atom. The van der Waals surface area contributed by atoms with Crippen molar-refractivity contribution in [1.29, 1.82) is 0 Å². The Morgan fingerprint density at radius 1 is 1.40 bits per heavy atom. The number of aliphatic hydroxyl groups excluding tert-OH is 1. The van der Waals surface area contributed by atoms with Crippen molar-refractivity contribution >= 4 is 11.9 Å². The fourth-order valence-corrected chi connectivity index (χ4v) is 1.51. The minimum Gasteiger partial charge on any atom is -0.479 e. The first-order chi connectivity index (χ1) is 7.06.